The predicted octanol–water partition coefficient (Wildman–Crippen LogP) is 3.07. The highest BCUT2D eigenvalue weighted by Gasteiger charge is 2.18. The number of aromatic amines is 1. The molecule has 0 saturated heterocycles. The number of carboxylic acids is 1. The van der Waals surface area contributed by atoms with Gasteiger partial charge in [0.05, 0.1) is 16.3 Å². The van der Waals surface area contributed by atoms with Crippen LogP contribution >= 0.6 is 11.6 Å². The van der Waals surface area contributed by atoms with Crippen molar-refractivity contribution in [3.63, 3.8) is 0 Å². The molecule has 1 amide bonds. The van der Waals surface area contributed by atoms with Crippen molar-refractivity contribution in [1.29, 1.82) is 0 Å². The number of nitrogens with one attached hydrogen (secondary N) is 2. The number of halogens is 2. The van der Waals surface area contributed by atoms with Gasteiger partial charge >= 0.3 is 5.97 Å². The van der Waals surface area contributed by atoms with Crippen molar-refractivity contribution >= 4 is 29.2 Å². The highest BCUT2D eigenvalue weighted by Crippen LogP contribution is 2.22. The van der Waals surface area contributed by atoms with E-state index in [1.165, 1.54) is 18.2 Å². The Hall–Kier alpha value is -2.34. The number of aromatic nitrogens is 1. The maximum atomic E-state index is 13.3. The lowest BCUT2D eigenvalue weighted by molar-refractivity contribution is 0.0692. The van der Waals surface area contributed by atoms with E-state index in [1.54, 1.807) is 6.92 Å². The highest BCUT2D eigenvalue weighted by atomic mass is 35.5. The van der Waals surface area contributed by atoms with Gasteiger partial charge in [-0.1, -0.05) is 17.7 Å². The number of hydrogen-bond acceptors (Lipinski definition) is 2. The fourth-order valence-electron chi connectivity index (χ4n) is 1.73. The third-order valence-electron chi connectivity index (χ3n) is 2.61. The number of benzene rings is 1. The molecule has 0 spiro atoms. The molecule has 0 radical (unpaired) electrons. The second-order valence-corrected chi connectivity index (χ2v) is 4.48. The summed E-state index contributed by atoms with van der Waals surface area (Å²) >= 11 is 5.70. The van der Waals surface area contributed by atoms with Crippen LogP contribution in [0.2, 0.25) is 5.02 Å². The first-order valence-corrected chi connectivity index (χ1v) is 5.96. The standard InChI is InChI=1S/C13H10ClFN2O3/c1-6-5-9(11(16-6)13(19)20)17-12(18)7-3-2-4-8(15)10(7)14/h2-5,16H,1H3,(H,17,18)(H,19,20). The largest absolute Gasteiger partial charge is 0.477 e. The molecule has 7 heteroatoms. The van der Waals surface area contributed by atoms with Gasteiger partial charge in [-0.3, -0.25) is 4.79 Å². The minimum atomic E-state index is -1.21. The first-order chi connectivity index (χ1) is 9.40. The lowest BCUT2D eigenvalue weighted by atomic mass is 10.2. The number of aromatic carboxylic acids is 1. The minimum absolute atomic E-state index is 0.0677. The van der Waals surface area contributed by atoms with Gasteiger partial charge in [0, 0.05) is 5.69 Å². The van der Waals surface area contributed by atoms with Gasteiger partial charge in [-0.25, -0.2) is 9.18 Å². The quantitative estimate of drug-likeness (QED) is 0.814. The van der Waals surface area contributed by atoms with Crippen LogP contribution in [0.1, 0.15) is 26.5 Å². The lowest BCUT2D eigenvalue weighted by Crippen LogP contribution is -2.15. The molecule has 1 aromatic heterocycles. The molecule has 5 nitrogen and oxygen atoms in total. The predicted molar refractivity (Wildman–Crippen MR) is 71.9 cm³/mol. The summed E-state index contributed by atoms with van der Waals surface area (Å²) in [5.41, 5.74) is 0.452. The second-order valence-electron chi connectivity index (χ2n) is 4.10. The fourth-order valence-corrected chi connectivity index (χ4v) is 1.94. The summed E-state index contributed by atoms with van der Waals surface area (Å²) in [7, 11) is 0. The number of aryl methyl sites for hydroxylation is 1. The van der Waals surface area contributed by atoms with Crippen molar-refractivity contribution in [1.82, 2.24) is 4.98 Å². The van der Waals surface area contributed by atoms with Crippen molar-refractivity contribution in [3.05, 3.63) is 52.1 Å². The molecule has 104 valence electrons. The molecule has 0 bridgehead atoms. The number of carboxylic acid groups (broad SMARTS) is 1. The van der Waals surface area contributed by atoms with E-state index in [4.69, 9.17) is 16.7 Å². The molecule has 0 fully saturated rings. The number of carbonyl (C=O) groups excluding carboxylic acids is 1. The summed E-state index contributed by atoms with van der Waals surface area (Å²) in [5, 5.41) is 11.1. The molecule has 0 saturated carbocycles. The van der Waals surface area contributed by atoms with Crippen molar-refractivity contribution in [2.45, 2.75) is 6.92 Å². The monoisotopic (exact) mass is 296 g/mol. The third kappa shape index (κ3) is 2.65. The summed E-state index contributed by atoms with van der Waals surface area (Å²) in [4.78, 5) is 25.6. The van der Waals surface area contributed by atoms with Gasteiger partial charge in [0.25, 0.3) is 5.91 Å². The zero-order valence-corrected chi connectivity index (χ0v) is 11.1. The lowest BCUT2D eigenvalue weighted by Gasteiger charge is -2.06. The van der Waals surface area contributed by atoms with Crippen LogP contribution in [0.4, 0.5) is 10.1 Å². The van der Waals surface area contributed by atoms with Crippen LogP contribution in [0, 0.1) is 12.7 Å². The summed E-state index contributed by atoms with van der Waals surface area (Å²) in [6.45, 7) is 1.65. The molecule has 0 unspecified atom stereocenters. The first-order valence-electron chi connectivity index (χ1n) is 5.58. The molecule has 1 aromatic carbocycles. The molecule has 0 aliphatic rings. The van der Waals surface area contributed by atoms with Gasteiger partial charge in [0.15, 0.2) is 0 Å². The van der Waals surface area contributed by atoms with Crippen molar-refractivity contribution in [3.8, 4) is 0 Å². The third-order valence-corrected chi connectivity index (χ3v) is 2.99. The summed E-state index contributed by atoms with van der Waals surface area (Å²) in [6.07, 6.45) is 0. The average Bonchev–Trinajstić information content (AvgIpc) is 2.73. The SMILES string of the molecule is Cc1cc(NC(=O)c2cccc(F)c2Cl)c(C(=O)O)[nH]1. The number of hydrogen-bond donors (Lipinski definition) is 3. The van der Waals surface area contributed by atoms with E-state index in [2.05, 4.69) is 10.3 Å². The van der Waals surface area contributed by atoms with Gasteiger partial charge in [-0.15, -0.1) is 0 Å². The molecule has 1 heterocycles. The maximum absolute atomic E-state index is 13.3. The van der Waals surface area contributed by atoms with Crippen LogP contribution in [0.5, 0.6) is 0 Å². The summed E-state index contributed by atoms with van der Waals surface area (Å²) < 4.78 is 13.3. The molecular weight excluding hydrogens is 287 g/mol. The van der Waals surface area contributed by atoms with Crippen LogP contribution in [0.25, 0.3) is 0 Å². The number of anilines is 1. The van der Waals surface area contributed by atoms with Crippen LogP contribution in [-0.2, 0) is 0 Å². The van der Waals surface area contributed by atoms with Crippen LogP contribution in [-0.4, -0.2) is 22.0 Å². The zero-order chi connectivity index (χ0) is 14.9. The Balaban J connectivity index is 2.33. The normalized spacial score (nSPS) is 10.3. The van der Waals surface area contributed by atoms with E-state index in [-0.39, 0.29) is 22.0 Å². The Morgan fingerprint density at radius 3 is 2.75 bits per heavy atom. The Morgan fingerprint density at radius 1 is 1.40 bits per heavy atom. The fraction of sp³-hybridized carbons (Fsp3) is 0.0769. The zero-order valence-electron chi connectivity index (χ0n) is 10.3. The van der Waals surface area contributed by atoms with E-state index in [1.807, 2.05) is 0 Å². The van der Waals surface area contributed by atoms with E-state index < -0.39 is 17.7 Å². The maximum Gasteiger partial charge on any atom is 0.354 e. The van der Waals surface area contributed by atoms with Crippen LogP contribution < -0.4 is 5.32 Å². The number of H-pyrrole nitrogens is 1. The molecule has 20 heavy (non-hydrogen) atoms. The first kappa shape index (κ1) is 14.1. The van der Waals surface area contributed by atoms with Crippen molar-refractivity contribution in [2.24, 2.45) is 0 Å². The van der Waals surface area contributed by atoms with Crippen molar-refractivity contribution in [2.75, 3.05) is 5.32 Å². The van der Waals surface area contributed by atoms with E-state index in [0.29, 0.717) is 5.69 Å². The Bertz CT molecular complexity index is 697. The van der Waals surface area contributed by atoms with E-state index in [0.717, 1.165) is 6.07 Å². The second kappa shape index (κ2) is 5.34. The van der Waals surface area contributed by atoms with Gasteiger partial charge in [0.1, 0.15) is 11.5 Å². The topological polar surface area (TPSA) is 82.2 Å². The van der Waals surface area contributed by atoms with Gasteiger partial charge in [-0.05, 0) is 25.1 Å². The van der Waals surface area contributed by atoms with Gasteiger partial charge in [-0.2, -0.15) is 0 Å². The molecular formula is C13H10ClFN2O3. The molecule has 2 aromatic rings. The average molecular weight is 297 g/mol. The smallest absolute Gasteiger partial charge is 0.354 e. The number of carbonyl (C=O) groups is 2. The minimum Gasteiger partial charge on any atom is -0.477 e. The molecule has 3 N–H and O–H groups in total. The van der Waals surface area contributed by atoms with Gasteiger partial charge < -0.3 is 15.4 Å². The Kier molecular flexibility index (Phi) is 3.76. The molecule has 0 aliphatic carbocycles. The molecule has 0 aliphatic heterocycles. The molecule has 2 rings (SSSR count). The summed E-state index contributed by atoms with van der Waals surface area (Å²) in [6, 6.07) is 5.29. The molecule has 0 atom stereocenters. The number of rotatable bonds is 3. The van der Waals surface area contributed by atoms with E-state index >= 15 is 0 Å². The Morgan fingerprint density at radius 2 is 2.10 bits per heavy atom. The Labute approximate surface area is 118 Å². The highest BCUT2D eigenvalue weighted by molar-refractivity contribution is 6.34. The van der Waals surface area contributed by atoms with Gasteiger partial charge in [0.2, 0.25) is 0 Å². The van der Waals surface area contributed by atoms with Crippen LogP contribution in [0.15, 0.2) is 24.3 Å². The summed E-state index contributed by atoms with van der Waals surface area (Å²) in [5.74, 6) is -2.61. The van der Waals surface area contributed by atoms with E-state index in [9.17, 15) is 14.0 Å². The number of amides is 1. The van der Waals surface area contributed by atoms with Crippen LogP contribution in [0.3, 0.4) is 0 Å². The van der Waals surface area contributed by atoms with Crippen molar-refractivity contribution < 1.29 is 19.1 Å².